The Kier molecular flexibility index (Phi) is 5.93. The predicted octanol–water partition coefficient (Wildman–Crippen LogP) is 3.12. The molecule has 0 saturated carbocycles. The SMILES string of the molecule is O=S(=O)(c1ccc(NCCOc2cccc(Br)c2)nc1)N1CCCC1. The minimum absolute atomic E-state index is 0.241. The Bertz CT molecular complexity index is 806. The summed E-state index contributed by atoms with van der Waals surface area (Å²) in [6.07, 6.45) is 3.25. The Balaban J connectivity index is 1.51. The largest absolute Gasteiger partial charge is 0.492 e. The van der Waals surface area contributed by atoms with E-state index in [0.717, 1.165) is 23.1 Å². The van der Waals surface area contributed by atoms with Gasteiger partial charge in [0.05, 0.1) is 6.54 Å². The van der Waals surface area contributed by atoms with E-state index in [2.05, 4.69) is 26.2 Å². The summed E-state index contributed by atoms with van der Waals surface area (Å²) in [6.45, 7) is 2.23. The van der Waals surface area contributed by atoms with Crippen LogP contribution >= 0.6 is 15.9 Å². The Hall–Kier alpha value is -1.64. The van der Waals surface area contributed by atoms with Crippen LogP contribution in [0.2, 0.25) is 0 Å². The molecule has 0 amide bonds. The fraction of sp³-hybridized carbons (Fsp3) is 0.353. The fourth-order valence-corrected chi connectivity index (χ4v) is 4.46. The lowest BCUT2D eigenvalue weighted by molar-refractivity contribution is 0.332. The number of nitrogens with one attached hydrogen (secondary N) is 1. The molecule has 0 aliphatic carbocycles. The van der Waals surface area contributed by atoms with Crippen molar-refractivity contribution in [2.24, 2.45) is 0 Å². The molecule has 3 rings (SSSR count). The molecule has 25 heavy (non-hydrogen) atoms. The van der Waals surface area contributed by atoms with Crippen LogP contribution in [0.3, 0.4) is 0 Å². The molecule has 0 unspecified atom stereocenters. The summed E-state index contributed by atoms with van der Waals surface area (Å²) in [5, 5.41) is 3.12. The normalized spacial score (nSPS) is 15.2. The van der Waals surface area contributed by atoms with Crippen molar-refractivity contribution in [2.45, 2.75) is 17.7 Å². The predicted molar refractivity (Wildman–Crippen MR) is 100 cm³/mol. The van der Waals surface area contributed by atoms with Crippen LogP contribution in [0.1, 0.15) is 12.8 Å². The van der Waals surface area contributed by atoms with Crippen LogP contribution in [-0.2, 0) is 10.0 Å². The summed E-state index contributed by atoms with van der Waals surface area (Å²) >= 11 is 3.40. The summed E-state index contributed by atoms with van der Waals surface area (Å²) in [5.41, 5.74) is 0. The Morgan fingerprint density at radius 3 is 2.68 bits per heavy atom. The number of halogens is 1. The molecule has 1 fully saturated rings. The molecule has 1 aliphatic heterocycles. The molecule has 2 heterocycles. The van der Waals surface area contributed by atoms with E-state index in [-0.39, 0.29) is 4.90 Å². The second kappa shape index (κ2) is 8.16. The Morgan fingerprint density at radius 1 is 1.20 bits per heavy atom. The topological polar surface area (TPSA) is 71.5 Å². The highest BCUT2D eigenvalue weighted by Gasteiger charge is 2.27. The van der Waals surface area contributed by atoms with Gasteiger partial charge in [0, 0.05) is 23.8 Å². The maximum absolute atomic E-state index is 12.4. The molecule has 1 aromatic carbocycles. The summed E-state index contributed by atoms with van der Waals surface area (Å²) in [7, 11) is -3.41. The van der Waals surface area contributed by atoms with Crippen molar-refractivity contribution in [3.05, 3.63) is 47.1 Å². The minimum Gasteiger partial charge on any atom is -0.492 e. The number of anilines is 1. The number of ether oxygens (including phenoxy) is 1. The van der Waals surface area contributed by atoms with Crippen LogP contribution < -0.4 is 10.1 Å². The van der Waals surface area contributed by atoms with Gasteiger partial charge >= 0.3 is 0 Å². The molecule has 134 valence electrons. The highest BCUT2D eigenvalue weighted by molar-refractivity contribution is 9.10. The van der Waals surface area contributed by atoms with E-state index in [4.69, 9.17) is 4.74 Å². The van der Waals surface area contributed by atoms with Gasteiger partial charge in [-0.15, -0.1) is 0 Å². The molecule has 1 saturated heterocycles. The van der Waals surface area contributed by atoms with E-state index < -0.39 is 10.0 Å². The minimum atomic E-state index is -3.41. The zero-order valence-corrected chi connectivity index (χ0v) is 16.1. The molecule has 2 aromatic rings. The average molecular weight is 426 g/mol. The third kappa shape index (κ3) is 4.71. The Labute approximate surface area is 156 Å². The van der Waals surface area contributed by atoms with Crippen LogP contribution in [0.25, 0.3) is 0 Å². The van der Waals surface area contributed by atoms with E-state index >= 15 is 0 Å². The maximum atomic E-state index is 12.4. The molecular formula is C17H20BrN3O3S. The highest BCUT2D eigenvalue weighted by Crippen LogP contribution is 2.21. The van der Waals surface area contributed by atoms with Crippen LogP contribution in [0, 0.1) is 0 Å². The summed E-state index contributed by atoms with van der Waals surface area (Å²) in [6, 6.07) is 10.9. The number of nitrogens with zero attached hydrogens (tertiary/aromatic N) is 2. The van der Waals surface area contributed by atoms with E-state index in [1.165, 1.54) is 10.5 Å². The van der Waals surface area contributed by atoms with Crippen LogP contribution in [0.15, 0.2) is 52.0 Å². The van der Waals surface area contributed by atoms with Crippen LogP contribution in [-0.4, -0.2) is 43.9 Å². The van der Waals surface area contributed by atoms with Crippen LogP contribution in [0.4, 0.5) is 5.82 Å². The van der Waals surface area contributed by atoms with Crippen molar-refractivity contribution in [3.63, 3.8) is 0 Å². The first-order valence-corrected chi connectivity index (χ1v) is 10.4. The first-order chi connectivity index (χ1) is 12.1. The summed E-state index contributed by atoms with van der Waals surface area (Å²) in [5.74, 6) is 1.41. The number of benzene rings is 1. The lowest BCUT2D eigenvalue weighted by atomic mass is 10.3. The van der Waals surface area contributed by atoms with Crippen LogP contribution in [0.5, 0.6) is 5.75 Å². The quantitative estimate of drug-likeness (QED) is 0.689. The second-order valence-corrected chi connectivity index (χ2v) is 8.58. The molecule has 6 nitrogen and oxygen atoms in total. The van der Waals surface area contributed by atoms with Crippen molar-refractivity contribution in [1.82, 2.24) is 9.29 Å². The molecule has 0 atom stereocenters. The first-order valence-electron chi connectivity index (χ1n) is 8.14. The number of sulfonamides is 1. The van der Waals surface area contributed by atoms with Crippen molar-refractivity contribution in [3.8, 4) is 5.75 Å². The Morgan fingerprint density at radius 2 is 2.00 bits per heavy atom. The van der Waals surface area contributed by atoms with Gasteiger partial charge in [-0.3, -0.25) is 0 Å². The molecule has 1 aromatic heterocycles. The molecular weight excluding hydrogens is 406 g/mol. The zero-order chi connectivity index (χ0) is 17.7. The molecule has 1 aliphatic rings. The van der Waals surface area contributed by atoms with Crippen molar-refractivity contribution in [1.29, 1.82) is 0 Å². The van der Waals surface area contributed by atoms with Gasteiger partial charge in [-0.25, -0.2) is 13.4 Å². The van der Waals surface area contributed by atoms with Crippen molar-refractivity contribution in [2.75, 3.05) is 31.6 Å². The van der Waals surface area contributed by atoms with Gasteiger partial charge in [0.1, 0.15) is 23.1 Å². The second-order valence-electron chi connectivity index (χ2n) is 5.72. The van der Waals surface area contributed by atoms with Gasteiger partial charge in [0.15, 0.2) is 0 Å². The van der Waals surface area contributed by atoms with Gasteiger partial charge in [-0.05, 0) is 43.2 Å². The number of aromatic nitrogens is 1. The third-order valence-corrected chi connectivity index (χ3v) is 6.29. The maximum Gasteiger partial charge on any atom is 0.244 e. The standard InChI is InChI=1S/C17H20BrN3O3S/c18-14-4-3-5-15(12-14)24-11-8-19-17-7-6-16(13-20-17)25(22,23)21-9-1-2-10-21/h3-7,12-13H,1-2,8-11H2,(H,19,20). The lowest BCUT2D eigenvalue weighted by Crippen LogP contribution is -2.28. The van der Waals surface area contributed by atoms with E-state index in [1.54, 1.807) is 12.1 Å². The number of hydrogen-bond donors (Lipinski definition) is 1. The molecule has 1 N–H and O–H groups in total. The van der Waals surface area contributed by atoms with Crippen molar-refractivity contribution >= 4 is 31.8 Å². The van der Waals surface area contributed by atoms with Gasteiger partial charge in [0.25, 0.3) is 0 Å². The number of hydrogen-bond acceptors (Lipinski definition) is 5. The highest BCUT2D eigenvalue weighted by atomic mass is 79.9. The summed E-state index contributed by atoms with van der Waals surface area (Å²) < 4.78 is 33.0. The first kappa shape index (κ1) is 18.2. The number of pyridine rings is 1. The smallest absolute Gasteiger partial charge is 0.244 e. The van der Waals surface area contributed by atoms with E-state index in [1.807, 2.05) is 24.3 Å². The van der Waals surface area contributed by atoms with Crippen molar-refractivity contribution < 1.29 is 13.2 Å². The monoisotopic (exact) mass is 425 g/mol. The van der Waals surface area contributed by atoms with Gasteiger partial charge in [-0.2, -0.15) is 4.31 Å². The molecule has 8 heteroatoms. The lowest BCUT2D eigenvalue weighted by Gasteiger charge is -2.15. The van der Waals surface area contributed by atoms with E-state index in [9.17, 15) is 8.42 Å². The number of rotatable bonds is 7. The summed E-state index contributed by atoms with van der Waals surface area (Å²) in [4.78, 5) is 4.44. The third-order valence-electron chi connectivity index (χ3n) is 3.91. The molecule has 0 spiro atoms. The fourth-order valence-electron chi connectivity index (χ4n) is 2.62. The zero-order valence-electron chi connectivity index (χ0n) is 13.7. The van der Waals surface area contributed by atoms with Gasteiger partial charge in [-0.1, -0.05) is 22.0 Å². The van der Waals surface area contributed by atoms with E-state index in [0.29, 0.717) is 32.1 Å². The van der Waals surface area contributed by atoms with Gasteiger partial charge < -0.3 is 10.1 Å². The molecule has 0 bridgehead atoms. The van der Waals surface area contributed by atoms with Gasteiger partial charge in [0.2, 0.25) is 10.0 Å². The molecule has 0 radical (unpaired) electrons. The average Bonchev–Trinajstić information content (AvgIpc) is 3.15.